The predicted molar refractivity (Wildman–Crippen MR) is 121 cm³/mol. The van der Waals surface area contributed by atoms with Crippen molar-refractivity contribution in [3.05, 3.63) is 58.2 Å². The number of benzene rings is 2. The van der Waals surface area contributed by atoms with Crippen molar-refractivity contribution < 1.29 is 22.5 Å². The highest BCUT2D eigenvalue weighted by Crippen LogP contribution is 2.41. The summed E-state index contributed by atoms with van der Waals surface area (Å²) < 4.78 is 39.6. The van der Waals surface area contributed by atoms with Crippen molar-refractivity contribution in [2.75, 3.05) is 16.2 Å². The summed E-state index contributed by atoms with van der Waals surface area (Å²) >= 11 is 6.39. The smallest absolute Gasteiger partial charge is 0.265 e. The first-order valence-electron chi connectivity index (χ1n) is 10.4. The number of amides is 1. The van der Waals surface area contributed by atoms with Crippen LogP contribution in [0.5, 0.6) is 5.75 Å². The molecule has 0 atom stereocenters. The Kier molecular flexibility index (Phi) is 5.29. The quantitative estimate of drug-likeness (QED) is 0.558. The van der Waals surface area contributed by atoms with Gasteiger partial charge in [0.05, 0.1) is 22.9 Å². The minimum atomic E-state index is -4.01. The largest absolute Gasteiger partial charge is 0.482 e. The number of hydrogen-bond acceptors (Lipinski definition) is 7. The molecule has 9 nitrogen and oxygen atoms in total. The third-order valence-electron chi connectivity index (χ3n) is 5.59. The molecule has 1 aromatic heterocycles. The molecule has 2 aliphatic rings. The van der Waals surface area contributed by atoms with Gasteiger partial charge in [-0.1, -0.05) is 28.9 Å². The van der Waals surface area contributed by atoms with Gasteiger partial charge in [0.2, 0.25) is 5.89 Å². The number of carbonyl (C=O) groups is 1. The molecule has 172 valence electrons. The molecule has 1 amide bonds. The van der Waals surface area contributed by atoms with Crippen LogP contribution in [0.2, 0.25) is 5.02 Å². The fourth-order valence-electron chi connectivity index (χ4n) is 3.60. The molecule has 2 heterocycles. The zero-order chi connectivity index (χ0) is 23.3. The number of aromatic nitrogens is 2. The molecule has 3 aromatic rings. The lowest BCUT2D eigenvalue weighted by atomic mass is 10.1. The van der Waals surface area contributed by atoms with E-state index in [1.807, 2.05) is 26.0 Å². The van der Waals surface area contributed by atoms with Crippen molar-refractivity contribution in [3.63, 3.8) is 0 Å². The van der Waals surface area contributed by atoms with E-state index in [2.05, 4.69) is 14.9 Å². The lowest BCUT2D eigenvalue weighted by molar-refractivity contribution is -0.121. The molecule has 0 unspecified atom stereocenters. The number of halogens is 1. The molecule has 1 aliphatic carbocycles. The van der Waals surface area contributed by atoms with E-state index in [0.29, 0.717) is 29.0 Å². The lowest BCUT2D eigenvalue weighted by Crippen LogP contribution is -2.38. The molecule has 0 radical (unpaired) electrons. The zero-order valence-corrected chi connectivity index (χ0v) is 19.5. The summed E-state index contributed by atoms with van der Waals surface area (Å²) in [6.45, 7) is 3.51. The number of ether oxygens (including phenoxy) is 1. The van der Waals surface area contributed by atoms with E-state index in [4.69, 9.17) is 20.9 Å². The number of anilines is 2. The third kappa shape index (κ3) is 4.28. The second-order valence-corrected chi connectivity index (χ2v) is 10.3. The summed E-state index contributed by atoms with van der Waals surface area (Å²) in [4.78, 5) is 18.2. The maximum Gasteiger partial charge on any atom is 0.265 e. The van der Waals surface area contributed by atoms with Gasteiger partial charge in [0, 0.05) is 12.0 Å². The van der Waals surface area contributed by atoms with Crippen LogP contribution < -0.4 is 14.4 Å². The number of sulfonamides is 1. The monoisotopic (exact) mass is 488 g/mol. The van der Waals surface area contributed by atoms with Crippen LogP contribution in [0.25, 0.3) is 0 Å². The van der Waals surface area contributed by atoms with E-state index in [9.17, 15) is 13.2 Å². The van der Waals surface area contributed by atoms with Crippen LogP contribution in [0.1, 0.15) is 41.6 Å². The first kappa shape index (κ1) is 21.7. The van der Waals surface area contributed by atoms with Crippen LogP contribution in [-0.4, -0.2) is 31.1 Å². The standard InChI is InChI=1S/C22H21ClN4O5S/c1-12-3-4-13(2)16(7-12)26-33(29,30)19-9-18-17(8-15(19)23)27(21(28)11-31-18)10-20-24-22(32-25-20)14-5-6-14/h3-4,7-9,14,26H,5-6,10-11H2,1-2H3. The van der Waals surface area contributed by atoms with Crippen LogP contribution in [0, 0.1) is 13.8 Å². The summed E-state index contributed by atoms with van der Waals surface area (Å²) in [7, 11) is -4.01. The Morgan fingerprint density at radius 1 is 1.21 bits per heavy atom. The van der Waals surface area contributed by atoms with Gasteiger partial charge < -0.3 is 9.26 Å². The number of rotatable bonds is 6. The molecule has 0 spiro atoms. The van der Waals surface area contributed by atoms with Crippen LogP contribution >= 0.6 is 11.6 Å². The number of aryl methyl sites for hydroxylation is 2. The number of fused-ring (bicyclic) bond motifs is 1. The Hall–Kier alpha value is -3.11. The fourth-order valence-corrected chi connectivity index (χ4v) is 5.26. The van der Waals surface area contributed by atoms with Crippen molar-refractivity contribution >= 4 is 38.9 Å². The number of nitrogens with zero attached hydrogens (tertiary/aromatic N) is 3. The van der Waals surface area contributed by atoms with Crippen molar-refractivity contribution in [1.29, 1.82) is 0 Å². The normalized spacial score (nSPS) is 15.8. The summed E-state index contributed by atoms with van der Waals surface area (Å²) in [5.41, 5.74) is 2.50. The van der Waals surface area contributed by atoms with Gasteiger partial charge in [0.1, 0.15) is 10.6 Å². The van der Waals surface area contributed by atoms with E-state index in [0.717, 1.165) is 24.0 Å². The van der Waals surface area contributed by atoms with Gasteiger partial charge in [-0.2, -0.15) is 4.98 Å². The van der Waals surface area contributed by atoms with Crippen molar-refractivity contribution in [2.45, 2.75) is 44.0 Å². The molecule has 1 aliphatic heterocycles. The molecule has 1 saturated carbocycles. The van der Waals surface area contributed by atoms with Crippen molar-refractivity contribution in [3.8, 4) is 5.75 Å². The maximum absolute atomic E-state index is 13.1. The highest BCUT2D eigenvalue weighted by Gasteiger charge is 2.33. The van der Waals surface area contributed by atoms with Gasteiger partial charge in [0.25, 0.3) is 15.9 Å². The molecule has 2 aromatic carbocycles. The number of carbonyl (C=O) groups excluding carboxylic acids is 1. The van der Waals surface area contributed by atoms with Gasteiger partial charge in [-0.05, 0) is 49.9 Å². The first-order chi connectivity index (χ1) is 15.7. The summed E-state index contributed by atoms with van der Waals surface area (Å²) in [6.07, 6.45) is 2.04. The Morgan fingerprint density at radius 3 is 2.76 bits per heavy atom. The molecule has 0 bridgehead atoms. The minimum absolute atomic E-state index is 0.0402. The molecule has 1 N–H and O–H groups in total. The average molecular weight is 489 g/mol. The van der Waals surface area contributed by atoms with Crippen molar-refractivity contribution in [1.82, 2.24) is 10.1 Å². The highest BCUT2D eigenvalue weighted by atomic mass is 35.5. The minimum Gasteiger partial charge on any atom is -0.482 e. The van der Waals surface area contributed by atoms with Gasteiger partial charge in [-0.25, -0.2) is 8.42 Å². The summed E-state index contributed by atoms with van der Waals surface area (Å²) in [5, 5.41) is 3.92. The van der Waals surface area contributed by atoms with Crippen LogP contribution in [0.15, 0.2) is 39.8 Å². The van der Waals surface area contributed by atoms with Crippen LogP contribution in [0.4, 0.5) is 11.4 Å². The third-order valence-corrected chi connectivity index (χ3v) is 7.42. The van der Waals surface area contributed by atoms with Gasteiger partial charge in [-0.3, -0.25) is 14.4 Å². The van der Waals surface area contributed by atoms with Crippen LogP contribution in [-0.2, 0) is 21.4 Å². The summed E-state index contributed by atoms with van der Waals surface area (Å²) in [6, 6.07) is 8.22. The van der Waals surface area contributed by atoms with Crippen molar-refractivity contribution in [2.24, 2.45) is 0 Å². The van der Waals surface area contributed by atoms with E-state index >= 15 is 0 Å². The van der Waals surface area contributed by atoms with Gasteiger partial charge >= 0.3 is 0 Å². The number of hydrogen-bond donors (Lipinski definition) is 1. The van der Waals surface area contributed by atoms with E-state index < -0.39 is 10.0 Å². The Morgan fingerprint density at radius 2 is 2.00 bits per heavy atom. The van der Waals surface area contributed by atoms with E-state index in [1.165, 1.54) is 17.0 Å². The second kappa shape index (κ2) is 8.03. The fraction of sp³-hybridized carbons (Fsp3) is 0.318. The highest BCUT2D eigenvalue weighted by molar-refractivity contribution is 7.92. The zero-order valence-electron chi connectivity index (χ0n) is 18.0. The lowest BCUT2D eigenvalue weighted by Gasteiger charge is -2.29. The second-order valence-electron chi connectivity index (χ2n) is 8.27. The Bertz CT molecular complexity index is 1370. The number of nitrogens with one attached hydrogen (secondary N) is 1. The topological polar surface area (TPSA) is 115 Å². The predicted octanol–water partition coefficient (Wildman–Crippen LogP) is 3.94. The average Bonchev–Trinajstić information content (AvgIpc) is 3.51. The van der Waals surface area contributed by atoms with Gasteiger partial charge in [0.15, 0.2) is 12.4 Å². The molecule has 1 fully saturated rings. The van der Waals surface area contributed by atoms with E-state index in [1.54, 1.807) is 6.07 Å². The summed E-state index contributed by atoms with van der Waals surface area (Å²) in [5.74, 6) is 1.14. The first-order valence-corrected chi connectivity index (χ1v) is 12.3. The van der Waals surface area contributed by atoms with E-state index in [-0.39, 0.29) is 34.7 Å². The molecular weight excluding hydrogens is 468 g/mol. The maximum atomic E-state index is 13.1. The molecule has 33 heavy (non-hydrogen) atoms. The Balaban J connectivity index is 1.46. The SMILES string of the molecule is Cc1ccc(C)c(NS(=O)(=O)c2cc3c(cc2Cl)N(Cc2noc(C4CC4)n2)C(=O)CO3)c1. The molecule has 11 heteroatoms. The van der Waals surface area contributed by atoms with Gasteiger partial charge in [-0.15, -0.1) is 0 Å². The molecule has 5 rings (SSSR count). The van der Waals surface area contributed by atoms with Crippen LogP contribution in [0.3, 0.4) is 0 Å². The Labute approximate surface area is 195 Å². The molecular formula is C22H21ClN4O5S. The molecule has 0 saturated heterocycles.